The Bertz CT molecular complexity index is 400. The van der Waals surface area contributed by atoms with Crippen LogP contribution in [-0.2, 0) is 11.3 Å². The molecule has 1 aromatic heterocycles. The van der Waals surface area contributed by atoms with Crippen molar-refractivity contribution in [1.29, 1.82) is 0 Å². The Hall–Kier alpha value is -1.29. The Morgan fingerprint density at radius 2 is 2.29 bits per heavy atom. The van der Waals surface area contributed by atoms with Gasteiger partial charge in [0, 0.05) is 13.6 Å². The Morgan fingerprint density at radius 1 is 1.53 bits per heavy atom. The summed E-state index contributed by atoms with van der Waals surface area (Å²) in [5.74, 6) is 2.46. The summed E-state index contributed by atoms with van der Waals surface area (Å²) in [4.78, 5) is 14.0. The van der Waals surface area contributed by atoms with Crippen LogP contribution in [0.1, 0.15) is 18.4 Å². The molecular weight excluding hydrogens is 216 g/mol. The monoisotopic (exact) mass is 236 g/mol. The zero-order chi connectivity index (χ0) is 12.4. The molecule has 0 saturated carbocycles. The highest BCUT2D eigenvalue weighted by Gasteiger charge is 2.31. The first-order valence-electron chi connectivity index (χ1n) is 6.09. The number of nitrogens with zero attached hydrogens (tertiary/aromatic N) is 1. The van der Waals surface area contributed by atoms with Crippen LogP contribution in [0.3, 0.4) is 0 Å². The van der Waals surface area contributed by atoms with E-state index in [-0.39, 0.29) is 11.8 Å². The molecule has 4 heteroatoms. The fourth-order valence-corrected chi connectivity index (χ4v) is 2.31. The molecule has 2 unspecified atom stereocenters. The molecule has 0 aromatic carbocycles. The van der Waals surface area contributed by atoms with E-state index in [9.17, 15) is 4.79 Å². The average Bonchev–Trinajstić information content (AvgIpc) is 2.86. The lowest BCUT2D eigenvalue weighted by molar-refractivity contribution is -0.135. The van der Waals surface area contributed by atoms with Gasteiger partial charge in [-0.3, -0.25) is 4.79 Å². The molecule has 4 nitrogen and oxygen atoms in total. The minimum Gasteiger partial charge on any atom is -0.464 e. The molecule has 2 heterocycles. The first-order valence-corrected chi connectivity index (χ1v) is 6.09. The fraction of sp³-hybridized carbons (Fsp3) is 0.615. The molecule has 1 amide bonds. The highest BCUT2D eigenvalue weighted by Crippen LogP contribution is 2.19. The lowest BCUT2D eigenvalue weighted by Gasteiger charge is -2.22. The molecule has 1 aromatic rings. The van der Waals surface area contributed by atoms with E-state index in [4.69, 9.17) is 4.42 Å². The number of furan rings is 1. The number of carbonyl (C=O) groups is 1. The van der Waals surface area contributed by atoms with Crippen molar-refractivity contribution in [2.45, 2.75) is 20.4 Å². The van der Waals surface area contributed by atoms with Crippen LogP contribution in [0.25, 0.3) is 0 Å². The van der Waals surface area contributed by atoms with Gasteiger partial charge in [-0.2, -0.15) is 0 Å². The predicted octanol–water partition coefficient (Wildman–Crippen LogP) is 1.40. The first kappa shape index (κ1) is 12.2. The van der Waals surface area contributed by atoms with E-state index in [0.29, 0.717) is 12.5 Å². The molecule has 1 aliphatic heterocycles. The summed E-state index contributed by atoms with van der Waals surface area (Å²) in [5, 5.41) is 3.25. The SMILES string of the molecule is Cc1ccc(CN(C)C(=O)C2CNCC2C)o1. The van der Waals surface area contributed by atoms with Gasteiger partial charge >= 0.3 is 0 Å². The number of carbonyl (C=O) groups excluding carboxylic acids is 1. The van der Waals surface area contributed by atoms with Gasteiger partial charge in [0.15, 0.2) is 0 Å². The number of hydrogen-bond donors (Lipinski definition) is 1. The van der Waals surface area contributed by atoms with Crippen LogP contribution >= 0.6 is 0 Å². The summed E-state index contributed by atoms with van der Waals surface area (Å²) in [5.41, 5.74) is 0. The number of hydrogen-bond acceptors (Lipinski definition) is 3. The maximum absolute atomic E-state index is 12.2. The lowest BCUT2D eigenvalue weighted by atomic mass is 9.97. The molecule has 1 fully saturated rings. The second kappa shape index (κ2) is 4.92. The van der Waals surface area contributed by atoms with Gasteiger partial charge in [0.2, 0.25) is 5.91 Å². The topological polar surface area (TPSA) is 45.5 Å². The molecule has 0 radical (unpaired) electrons. The van der Waals surface area contributed by atoms with Crippen LogP contribution in [0.4, 0.5) is 0 Å². The van der Waals surface area contributed by atoms with E-state index >= 15 is 0 Å². The van der Waals surface area contributed by atoms with E-state index in [0.717, 1.165) is 24.6 Å². The summed E-state index contributed by atoms with van der Waals surface area (Å²) in [6.45, 7) is 6.31. The lowest BCUT2D eigenvalue weighted by Crippen LogP contribution is -2.35. The van der Waals surface area contributed by atoms with Crippen molar-refractivity contribution in [3.8, 4) is 0 Å². The number of amides is 1. The molecule has 0 aliphatic carbocycles. The zero-order valence-electron chi connectivity index (χ0n) is 10.7. The van der Waals surface area contributed by atoms with E-state index in [2.05, 4.69) is 12.2 Å². The zero-order valence-corrected chi connectivity index (χ0v) is 10.7. The van der Waals surface area contributed by atoms with Crippen molar-refractivity contribution >= 4 is 5.91 Å². The van der Waals surface area contributed by atoms with Gasteiger partial charge in [0.25, 0.3) is 0 Å². The maximum Gasteiger partial charge on any atom is 0.227 e. The molecule has 0 spiro atoms. The summed E-state index contributed by atoms with van der Waals surface area (Å²) < 4.78 is 5.48. The summed E-state index contributed by atoms with van der Waals surface area (Å²) >= 11 is 0. The van der Waals surface area contributed by atoms with E-state index in [1.54, 1.807) is 4.90 Å². The average molecular weight is 236 g/mol. The normalized spacial score (nSPS) is 23.9. The van der Waals surface area contributed by atoms with Crippen LogP contribution < -0.4 is 5.32 Å². The van der Waals surface area contributed by atoms with E-state index in [1.807, 2.05) is 26.1 Å². The molecular formula is C13H20N2O2. The largest absolute Gasteiger partial charge is 0.464 e. The van der Waals surface area contributed by atoms with Crippen LogP contribution in [0.2, 0.25) is 0 Å². The number of nitrogens with one attached hydrogen (secondary N) is 1. The van der Waals surface area contributed by atoms with Gasteiger partial charge in [-0.1, -0.05) is 6.92 Å². The van der Waals surface area contributed by atoms with Crippen molar-refractivity contribution in [3.63, 3.8) is 0 Å². The van der Waals surface area contributed by atoms with Gasteiger partial charge < -0.3 is 14.6 Å². The Balaban J connectivity index is 1.95. The molecule has 94 valence electrons. The summed E-state index contributed by atoms with van der Waals surface area (Å²) in [6, 6.07) is 3.85. The van der Waals surface area contributed by atoms with Gasteiger partial charge in [-0.15, -0.1) is 0 Å². The molecule has 0 bridgehead atoms. The highest BCUT2D eigenvalue weighted by atomic mass is 16.3. The van der Waals surface area contributed by atoms with Gasteiger partial charge in [-0.05, 0) is 31.5 Å². The van der Waals surface area contributed by atoms with Crippen molar-refractivity contribution in [1.82, 2.24) is 10.2 Å². The molecule has 1 aliphatic rings. The van der Waals surface area contributed by atoms with Crippen LogP contribution in [0, 0.1) is 18.8 Å². The van der Waals surface area contributed by atoms with Crippen molar-refractivity contribution in [2.75, 3.05) is 20.1 Å². The Kier molecular flexibility index (Phi) is 3.52. The maximum atomic E-state index is 12.2. The van der Waals surface area contributed by atoms with Crippen molar-refractivity contribution in [2.24, 2.45) is 11.8 Å². The Labute approximate surface area is 102 Å². The van der Waals surface area contributed by atoms with Crippen LogP contribution in [-0.4, -0.2) is 30.9 Å². The third-order valence-electron chi connectivity index (χ3n) is 3.40. The van der Waals surface area contributed by atoms with Gasteiger partial charge in [-0.25, -0.2) is 0 Å². The highest BCUT2D eigenvalue weighted by molar-refractivity contribution is 5.79. The van der Waals surface area contributed by atoms with Gasteiger partial charge in [0.1, 0.15) is 11.5 Å². The Morgan fingerprint density at radius 3 is 2.82 bits per heavy atom. The summed E-state index contributed by atoms with van der Waals surface area (Å²) in [7, 11) is 1.84. The third kappa shape index (κ3) is 2.69. The fourth-order valence-electron chi connectivity index (χ4n) is 2.31. The quantitative estimate of drug-likeness (QED) is 0.863. The molecule has 17 heavy (non-hydrogen) atoms. The number of rotatable bonds is 3. The minimum absolute atomic E-state index is 0.107. The van der Waals surface area contributed by atoms with Crippen LogP contribution in [0.5, 0.6) is 0 Å². The second-order valence-electron chi connectivity index (χ2n) is 4.95. The third-order valence-corrected chi connectivity index (χ3v) is 3.40. The predicted molar refractivity (Wildman–Crippen MR) is 65.4 cm³/mol. The minimum atomic E-state index is 0.107. The molecule has 1 N–H and O–H groups in total. The smallest absolute Gasteiger partial charge is 0.227 e. The van der Waals surface area contributed by atoms with Crippen molar-refractivity contribution in [3.05, 3.63) is 23.7 Å². The second-order valence-corrected chi connectivity index (χ2v) is 4.95. The number of aryl methyl sites for hydroxylation is 1. The van der Waals surface area contributed by atoms with E-state index in [1.165, 1.54) is 0 Å². The first-order chi connectivity index (χ1) is 8.08. The van der Waals surface area contributed by atoms with Crippen molar-refractivity contribution < 1.29 is 9.21 Å². The summed E-state index contributed by atoms with van der Waals surface area (Å²) in [6.07, 6.45) is 0. The standard InChI is InChI=1S/C13H20N2O2/c1-9-6-14-7-12(9)13(16)15(3)8-11-5-4-10(2)17-11/h4-5,9,12,14H,6-8H2,1-3H3. The molecule has 2 rings (SSSR count). The van der Waals surface area contributed by atoms with Gasteiger partial charge in [0.05, 0.1) is 12.5 Å². The molecule has 2 atom stereocenters. The van der Waals surface area contributed by atoms with E-state index < -0.39 is 0 Å². The van der Waals surface area contributed by atoms with Crippen LogP contribution in [0.15, 0.2) is 16.5 Å². The molecule has 1 saturated heterocycles.